The van der Waals surface area contributed by atoms with Crippen molar-refractivity contribution in [3.8, 4) is 5.82 Å². The first kappa shape index (κ1) is 54.2. The fraction of sp³-hybridized carbons (Fsp3) is 0.250. The van der Waals surface area contributed by atoms with Crippen molar-refractivity contribution in [2.24, 2.45) is 0 Å². The van der Waals surface area contributed by atoms with Crippen LogP contribution in [0.2, 0.25) is 0 Å². The second kappa shape index (κ2) is 20.2. The van der Waals surface area contributed by atoms with Crippen LogP contribution < -0.4 is 14.7 Å². The Morgan fingerprint density at radius 2 is 0.962 bits per heavy atom. The van der Waals surface area contributed by atoms with Crippen LogP contribution in [0.25, 0.3) is 27.6 Å². The number of hydrogen-bond donors (Lipinski definition) is 0. The van der Waals surface area contributed by atoms with Gasteiger partial charge in [0.25, 0.3) is 0 Å². The summed E-state index contributed by atoms with van der Waals surface area (Å²) in [5.41, 5.74) is 17.5. The zero-order valence-electron chi connectivity index (χ0n) is 47.6. The largest absolute Gasteiger partial charge is 0.493 e. The Labute approximate surface area is 478 Å². The van der Waals surface area contributed by atoms with Crippen molar-refractivity contribution < 1.29 is 21.1 Å². The molecule has 0 atom stereocenters. The molecule has 0 aliphatic carbocycles. The molecule has 0 fully saturated rings. The molecule has 3 heterocycles. The summed E-state index contributed by atoms with van der Waals surface area (Å²) in [4.78, 5) is 12.1. The van der Waals surface area contributed by atoms with Crippen LogP contribution in [-0.2, 0) is 48.1 Å². The predicted octanol–water partition coefficient (Wildman–Crippen LogP) is 19.2. The Hall–Kier alpha value is -7.20. The number of fused-ring (bicyclic) bond motifs is 4. The second-order valence-corrected chi connectivity index (χ2v) is 25.2. The van der Waals surface area contributed by atoms with E-state index in [1.54, 1.807) is 0 Å². The number of aromatic nitrogens is 2. The molecular weight excluding hydrogens is 1130 g/mol. The first-order valence-electron chi connectivity index (χ1n) is 27.3. The number of rotatable bonds is 10. The van der Waals surface area contributed by atoms with Gasteiger partial charge in [0.1, 0.15) is 5.82 Å². The van der Waals surface area contributed by atoms with Crippen LogP contribution in [-0.4, -0.2) is 9.55 Å². The number of para-hydroxylation sites is 3. The molecule has 10 aromatic rings. The number of nitrogens with zero attached hydrogens (tertiary/aromatic N) is 5. The maximum Gasteiger partial charge on any atom is 0.135 e. The third-order valence-corrected chi connectivity index (χ3v) is 16.1. The van der Waals surface area contributed by atoms with Crippen molar-refractivity contribution in [2.75, 3.05) is 14.7 Å². The van der Waals surface area contributed by atoms with Crippen LogP contribution in [0.3, 0.4) is 0 Å². The molecule has 6 heteroatoms. The standard InChI is InChI=1S/C72H72N5.Pt/c1-68(2,3)49-31-33-51(34-32-49)72(12,13)53-39-40-73-67(45-53)77-63-38-35-52(71(10,11)50-23-16-14-17-24-50)44-62(63)61-37-36-59(47-66(61)77)76(56-25-18-15-19-26-56)58-28-22-27-57(46-58)74-48-75(65-30-21-20-29-64(65)74)60-42-54(69(4,5)6)41-55(43-60)70(7,8)9;/h14-45,48H,1-13H3;/q-3;. The Bertz CT molecular complexity index is 3760. The molecule has 1 aliphatic heterocycles. The van der Waals surface area contributed by atoms with Crippen molar-refractivity contribution in [1.29, 1.82) is 0 Å². The van der Waals surface area contributed by atoms with Crippen molar-refractivity contribution in [3.05, 3.63) is 252 Å². The molecule has 8 aromatic carbocycles. The quantitative estimate of drug-likeness (QED) is 0.128. The zero-order chi connectivity index (χ0) is 54.2. The fourth-order valence-corrected chi connectivity index (χ4v) is 11.0. The van der Waals surface area contributed by atoms with E-state index in [4.69, 9.17) is 4.98 Å². The average Bonchev–Trinajstić information content (AvgIpc) is 3.99. The van der Waals surface area contributed by atoms with Gasteiger partial charge in [-0.3, -0.25) is 0 Å². The van der Waals surface area contributed by atoms with Crippen LogP contribution in [0.1, 0.15) is 129 Å². The van der Waals surface area contributed by atoms with E-state index < -0.39 is 0 Å². The Kier molecular flexibility index (Phi) is 14.0. The van der Waals surface area contributed by atoms with Crippen LogP contribution in [0.15, 0.2) is 194 Å². The molecule has 0 N–H and O–H groups in total. The summed E-state index contributed by atoms with van der Waals surface area (Å²) in [5.74, 6) is 0.848. The van der Waals surface area contributed by atoms with Gasteiger partial charge in [-0.05, 0) is 115 Å². The number of pyridine rings is 1. The van der Waals surface area contributed by atoms with Crippen molar-refractivity contribution in [1.82, 2.24) is 9.55 Å². The summed E-state index contributed by atoms with van der Waals surface area (Å²) < 4.78 is 2.32. The summed E-state index contributed by atoms with van der Waals surface area (Å²) >= 11 is 0. The summed E-state index contributed by atoms with van der Waals surface area (Å²) in [6.45, 7) is 32.1. The second-order valence-electron chi connectivity index (χ2n) is 25.2. The van der Waals surface area contributed by atoms with E-state index in [0.717, 1.165) is 67.4 Å². The molecule has 0 spiro atoms. The van der Waals surface area contributed by atoms with Gasteiger partial charge in [-0.25, -0.2) is 4.98 Å². The minimum absolute atomic E-state index is 0. The summed E-state index contributed by atoms with van der Waals surface area (Å²) in [6, 6.07) is 76.8. The summed E-state index contributed by atoms with van der Waals surface area (Å²) in [7, 11) is 0. The van der Waals surface area contributed by atoms with Gasteiger partial charge in [-0.1, -0.05) is 210 Å². The van der Waals surface area contributed by atoms with E-state index in [0.29, 0.717) is 0 Å². The minimum Gasteiger partial charge on any atom is -0.493 e. The average molecular weight is 1200 g/mol. The van der Waals surface area contributed by atoms with Crippen LogP contribution in [0.5, 0.6) is 0 Å². The van der Waals surface area contributed by atoms with E-state index in [9.17, 15) is 0 Å². The van der Waals surface area contributed by atoms with Gasteiger partial charge in [0, 0.05) is 66.4 Å². The number of anilines is 7. The molecule has 0 radical (unpaired) electrons. The fourth-order valence-electron chi connectivity index (χ4n) is 11.0. The topological polar surface area (TPSA) is 27.5 Å². The molecule has 0 amide bonds. The molecule has 2 aromatic heterocycles. The molecule has 78 heavy (non-hydrogen) atoms. The molecule has 11 rings (SSSR count). The van der Waals surface area contributed by atoms with Crippen molar-refractivity contribution >= 4 is 61.6 Å². The third-order valence-electron chi connectivity index (χ3n) is 16.1. The van der Waals surface area contributed by atoms with E-state index in [1.165, 1.54) is 38.9 Å². The normalized spacial score (nSPS) is 13.2. The van der Waals surface area contributed by atoms with E-state index in [-0.39, 0.29) is 48.1 Å². The van der Waals surface area contributed by atoms with Gasteiger partial charge >= 0.3 is 0 Å². The van der Waals surface area contributed by atoms with E-state index >= 15 is 0 Å². The minimum atomic E-state index is -0.296. The van der Waals surface area contributed by atoms with Gasteiger partial charge in [-0.15, -0.1) is 48.1 Å². The first-order chi connectivity index (χ1) is 36.6. The molecule has 398 valence electrons. The SMILES string of the molecule is CC(C)(C)c1ccc(C(C)(C)c2ccnc(-n3c4[c-]c(N(c5[c-]c(N6[CH-]N(c7cc(C(C)(C)C)cc(C(C)(C)C)c7)c7ccccc76)ccc5)c5ccccc5)ccc4c4cc(C(C)(C)c5ccccc5)ccc43)c2)cc1.[Pt]. The predicted molar refractivity (Wildman–Crippen MR) is 326 cm³/mol. The van der Waals surface area contributed by atoms with E-state index in [2.05, 4.69) is 316 Å². The smallest absolute Gasteiger partial charge is 0.135 e. The molecule has 0 bridgehead atoms. The van der Waals surface area contributed by atoms with Gasteiger partial charge in [0.2, 0.25) is 0 Å². The molecule has 1 aliphatic rings. The molecule has 0 saturated heterocycles. The Balaban J connectivity index is 0.00000688. The molecular formula is C72H72N5Pt-3. The van der Waals surface area contributed by atoms with Gasteiger partial charge in [0.05, 0.1) is 0 Å². The van der Waals surface area contributed by atoms with Gasteiger partial charge < -0.3 is 19.3 Å². The van der Waals surface area contributed by atoms with Crippen LogP contribution >= 0.6 is 0 Å². The molecule has 5 nitrogen and oxygen atoms in total. The summed E-state index contributed by atoms with van der Waals surface area (Å²) in [5, 5.41) is 2.27. The van der Waals surface area contributed by atoms with Gasteiger partial charge in [-0.2, -0.15) is 12.1 Å². The zero-order valence-corrected chi connectivity index (χ0v) is 49.9. The number of benzene rings is 8. The van der Waals surface area contributed by atoms with E-state index in [1.807, 2.05) is 6.20 Å². The van der Waals surface area contributed by atoms with Crippen molar-refractivity contribution in [2.45, 2.75) is 117 Å². The maximum absolute atomic E-state index is 5.19. The molecule has 0 saturated carbocycles. The molecule has 0 unspecified atom stereocenters. The number of hydrogen-bond acceptors (Lipinski definition) is 4. The van der Waals surface area contributed by atoms with Gasteiger partial charge in [0.15, 0.2) is 0 Å². The third kappa shape index (κ3) is 10.0. The van der Waals surface area contributed by atoms with Crippen molar-refractivity contribution in [3.63, 3.8) is 0 Å². The maximum atomic E-state index is 5.19. The van der Waals surface area contributed by atoms with Crippen LogP contribution in [0, 0.1) is 18.8 Å². The summed E-state index contributed by atoms with van der Waals surface area (Å²) in [6.07, 6.45) is 1.97. The Morgan fingerprint density at radius 1 is 0.423 bits per heavy atom. The monoisotopic (exact) mass is 1200 g/mol. The first-order valence-corrected chi connectivity index (χ1v) is 27.3. The van der Waals surface area contributed by atoms with Crippen LogP contribution in [0.4, 0.5) is 39.8 Å². The Morgan fingerprint density at radius 3 is 1.59 bits per heavy atom.